The van der Waals surface area contributed by atoms with Crippen LogP contribution in [0.3, 0.4) is 0 Å². The first kappa shape index (κ1) is 25.8. The number of halogens is 1. The number of sulfonamides is 1. The molecule has 29 heavy (non-hydrogen) atoms. The number of rotatable bonds is 17. The van der Waals surface area contributed by atoms with E-state index in [0.717, 1.165) is 69.2 Å². The van der Waals surface area contributed by atoms with Gasteiger partial charge in [-0.3, -0.25) is 4.99 Å². The van der Waals surface area contributed by atoms with Crippen molar-refractivity contribution >= 4 is 31.9 Å². The fourth-order valence-electron chi connectivity index (χ4n) is 2.60. The van der Waals surface area contributed by atoms with E-state index in [0.29, 0.717) is 18.0 Å². The summed E-state index contributed by atoms with van der Waals surface area (Å²) in [6, 6.07) is 6.64. The molecule has 0 radical (unpaired) electrons. The molecule has 0 bridgehead atoms. The van der Waals surface area contributed by atoms with Gasteiger partial charge >= 0.3 is 0 Å². The molecule has 1 aromatic rings. The van der Waals surface area contributed by atoms with Gasteiger partial charge in [0.2, 0.25) is 10.0 Å². The highest BCUT2D eigenvalue weighted by molar-refractivity contribution is 9.10. The first-order valence-electron chi connectivity index (χ1n) is 10.1. The smallest absolute Gasteiger partial charge is 0.240 e. The summed E-state index contributed by atoms with van der Waals surface area (Å²) in [5, 5.41) is 6.82. The topological polar surface area (TPSA) is 135 Å². The molecule has 1 aromatic carbocycles. The zero-order valence-corrected chi connectivity index (χ0v) is 19.4. The average Bonchev–Trinajstić information content (AvgIpc) is 2.67. The summed E-state index contributed by atoms with van der Waals surface area (Å²) >= 11 is 3.30. The zero-order chi connectivity index (χ0) is 21.4. The maximum atomic E-state index is 12.1. The Morgan fingerprint density at radius 1 is 0.828 bits per heavy atom. The van der Waals surface area contributed by atoms with E-state index in [1.165, 1.54) is 0 Å². The van der Waals surface area contributed by atoms with Gasteiger partial charge in [0, 0.05) is 17.6 Å². The quantitative estimate of drug-likeness (QED) is 0.127. The third-order valence-electron chi connectivity index (χ3n) is 4.21. The lowest BCUT2D eigenvalue weighted by Gasteiger charge is -2.08. The van der Waals surface area contributed by atoms with Gasteiger partial charge in [-0.05, 0) is 89.0 Å². The number of nitrogens with two attached hydrogens (primary N) is 2. The van der Waals surface area contributed by atoms with E-state index < -0.39 is 10.0 Å². The number of hydrogen-bond acceptors (Lipinski definition) is 5. The SMILES string of the molecule is NC(N)=NCCCCNCCCCNCCCCNS(=O)(=O)c1ccc(Br)cc1. The van der Waals surface area contributed by atoms with Crippen LogP contribution in [0.5, 0.6) is 0 Å². The summed E-state index contributed by atoms with van der Waals surface area (Å²) in [4.78, 5) is 4.24. The molecule has 10 heteroatoms. The largest absolute Gasteiger partial charge is 0.370 e. The van der Waals surface area contributed by atoms with Crippen molar-refractivity contribution in [1.29, 1.82) is 0 Å². The molecule has 7 N–H and O–H groups in total. The Bertz CT molecular complexity index is 678. The number of unbranched alkanes of at least 4 members (excludes halogenated alkanes) is 3. The zero-order valence-electron chi connectivity index (χ0n) is 17.0. The summed E-state index contributed by atoms with van der Waals surface area (Å²) in [7, 11) is -3.41. The van der Waals surface area contributed by atoms with Crippen molar-refractivity contribution in [3.05, 3.63) is 28.7 Å². The molecule has 0 aliphatic rings. The third kappa shape index (κ3) is 13.6. The van der Waals surface area contributed by atoms with E-state index in [1.54, 1.807) is 24.3 Å². The van der Waals surface area contributed by atoms with Crippen LogP contribution >= 0.6 is 15.9 Å². The van der Waals surface area contributed by atoms with Gasteiger partial charge in [-0.2, -0.15) is 0 Å². The van der Waals surface area contributed by atoms with Crippen LogP contribution in [0.2, 0.25) is 0 Å². The second-order valence-electron chi connectivity index (χ2n) is 6.78. The molecule has 0 aromatic heterocycles. The molecule has 0 amide bonds. The molecule has 8 nitrogen and oxygen atoms in total. The maximum absolute atomic E-state index is 12.1. The van der Waals surface area contributed by atoms with Crippen LogP contribution in [0.1, 0.15) is 38.5 Å². The molecule has 0 spiro atoms. The number of hydrogen-bond donors (Lipinski definition) is 5. The van der Waals surface area contributed by atoms with Crippen LogP contribution in [0.25, 0.3) is 0 Å². The Morgan fingerprint density at radius 2 is 1.31 bits per heavy atom. The average molecular weight is 492 g/mol. The first-order valence-corrected chi connectivity index (χ1v) is 12.4. The molecule has 0 aliphatic heterocycles. The van der Waals surface area contributed by atoms with Crippen molar-refractivity contribution in [2.75, 3.05) is 39.3 Å². The lowest BCUT2D eigenvalue weighted by atomic mass is 10.2. The molecule has 1 rings (SSSR count). The molecule has 0 saturated heterocycles. The summed E-state index contributed by atoms with van der Waals surface area (Å²) in [5.74, 6) is 0.160. The molecular weight excluding hydrogens is 456 g/mol. The van der Waals surface area contributed by atoms with Crippen molar-refractivity contribution in [1.82, 2.24) is 15.4 Å². The molecule has 0 saturated carbocycles. The molecule has 0 heterocycles. The third-order valence-corrected chi connectivity index (χ3v) is 6.22. The highest BCUT2D eigenvalue weighted by Gasteiger charge is 2.12. The van der Waals surface area contributed by atoms with E-state index in [2.05, 4.69) is 36.3 Å². The Morgan fingerprint density at radius 3 is 1.83 bits per heavy atom. The number of benzene rings is 1. The maximum Gasteiger partial charge on any atom is 0.240 e. The molecule has 166 valence electrons. The molecule has 0 unspecified atom stereocenters. The van der Waals surface area contributed by atoms with Gasteiger partial charge in [0.25, 0.3) is 0 Å². The van der Waals surface area contributed by atoms with Gasteiger partial charge < -0.3 is 22.1 Å². The Hall–Kier alpha value is -1.20. The van der Waals surface area contributed by atoms with Crippen LogP contribution in [0, 0.1) is 0 Å². The standard InChI is InChI=1S/C19H35BrN6O2S/c20-17-7-9-18(10-8-17)29(27,28)26-16-6-4-14-24-12-2-1-11-23-13-3-5-15-25-19(21)22/h7-10,23-24,26H,1-6,11-16H2,(H4,21,22,25). The van der Waals surface area contributed by atoms with E-state index >= 15 is 0 Å². The van der Waals surface area contributed by atoms with Crippen LogP contribution in [0.4, 0.5) is 0 Å². The van der Waals surface area contributed by atoms with Crippen LogP contribution < -0.4 is 26.8 Å². The summed E-state index contributed by atoms with van der Waals surface area (Å²) < 4.78 is 27.8. The minimum atomic E-state index is -3.41. The minimum absolute atomic E-state index is 0.160. The lowest BCUT2D eigenvalue weighted by molar-refractivity contribution is 0.551. The Balaban J connectivity index is 1.89. The summed E-state index contributed by atoms with van der Waals surface area (Å²) in [6.45, 7) is 5.03. The fourth-order valence-corrected chi connectivity index (χ4v) is 3.94. The molecule has 0 atom stereocenters. The fraction of sp³-hybridized carbons (Fsp3) is 0.632. The van der Waals surface area contributed by atoms with Crippen LogP contribution in [-0.2, 0) is 10.0 Å². The first-order chi connectivity index (χ1) is 13.9. The molecule has 0 fully saturated rings. The predicted molar refractivity (Wildman–Crippen MR) is 123 cm³/mol. The van der Waals surface area contributed by atoms with Gasteiger partial charge in [0.1, 0.15) is 0 Å². The number of guanidine groups is 1. The molecule has 0 aliphatic carbocycles. The van der Waals surface area contributed by atoms with Gasteiger partial charge in [-0.25, -0.2) is 13.1 Å². The highest BCUT2D eigenvalue weighted by Crippen LogP contribution is 2.14. The van der Waals surface area contributed by atoms with Crippen molar-refractivity contribution in [3.63, 3.8) is 0 Å². The van der Waals surface area contributed by atoms with E-state index in [-0.39, 0.29) is 5.96 Å². The normalized spacial score (nSPS) is 11.5. The number of nitrogens with zero attached hydrogens (tertiary/aromatic N) is 1. The van der Waals surface area contributed by atoms with Crippen molar-refractivity contribution < 1.29 is 8.42 Å². The van der Waals surface area contributed by atoms with E-state index in [9.17, 15) is 8.42 Å². The highest BCUT2D eigenvalue weighted by atomic mass is 79.9. The second kappa shape index (κ2) is 15.6. The van der Waals surface area contributed by atoms with Crippen LogP contribution in [-0.4, -0.2) is 53.6 Å². The van der Waals surface area contributed by atoms with E-state index in [1.807, 2.05) is 0 Å². The van der Waals surface area contributed by atoms with Crippen molar-refractivity contribution in [3.8, 4) is 0 Å². The summed E-state index contributed by atoms with van der Waals surface area (Å²) in [6.07, 6.45) is 6.07. The summed E-state index contributed by atoms with van der Waals surface area (Å²) in [5.41, 5.74) is 10.5. The van der Waals surface area contributed by atoms with Gasteiger partial charge in [0.05, 0.1) is 4.90 Å². The minimum Gasteiger partial charge on any atom is -0.370 e. The van der Waals surface area contributed by atoms with Gasteiger partial charge in [0.15, 0.2) is 5.96 Å². The lowest BCUT2D eigenvalue weighted by Crippen LogP contribution is -2.26. The number of nitrogens with one attached hydrogen (secondary N) is 3. The van der Waals surface area contributed by atoms with Crippen molar-refractivity contribution in [2.24, 2.45) is 16.5 Å². The Labute approximate surface area is 183 Å². The van der Waals surface area contributed by atoms with Crippen molar-refractivity contribution in [2.45, 2.75) is 43.4 Å². The monoisotopic (exact) mass is 490 g/mol. The van der Waals surface area contributed by atoms with Crippen LogP contribution in [0.15, 0.2) is 38.6 Å². The molecular formula is C19H35BrN6O2S. The van der Waals surface area contributed by atoms with Gasteiger partial charge in [-0.1, -0.05) is 15.9 Å². The number of aliphatic imine (C=N–C) groups is 1. The predicted octanol–water partition coefficient (Wildman–Crippen LogP) is 1.52. The van der Waals surface area contributed by atoms with Gasteiger partial charge in [-0.15, -0.1) is 0 Å². The Kier molecular flexibility index (Phi) is 13.9. The second-order valence-corrected chi connectivity index (χ2v) is 9.46. The van der Waals surface area contributed by atoms with E-state index in [4.69, 9.17) is 11.5 Å².